The molecule has 3 nitrogen and oxygen atoms in total. The van der Waals surface area contributed by atoms with Crippen LogP contribution in [-0.2, 0) is 4.74 Å². The van der Waals surface area contributed by atoms with Crippen LogP contribution in [0.5, 0.6) is 0 Å². The van der Waals surface area contributed by atoms with E-state index in [1.807, 2.05) is 0 Å². The molecule has 1 unspecified atom stereocenters. The molecule has 2 fully saturated rings. The van der Waals surface area contributed by atoms with E-state index in [9.17, 15) is 0 Å². The van der Waals surface area contributed by atoms with Crippen molar-refractivity contribution in [3.63, 3.8) is 0 Å². The van der Waals surface area contributed by atoms with Gasteiger partial charge in [0.2, 0.25) is 0 Å². The van der Waals surface area contributed by atoms with Gasteiger partial charge in [-0.05, 0) is 43.9 Å². The van der Waals surface area contributed by atoms with Crippen molar-refractivity contribution in [2.24, 2.45) is 5.41 Å². The van der Waals surface area contributed by atoms with Gasteiger partial charge in [0.15, 0.2) is 0 Å². The maximum Gasteiger partial charge on any atom is 0.0708 e. The van der Waals surface area contributed by atoms with Crippen molar-refractivity contribution in [3.8, 4) is 0 Å². The van der Waals surface area contributed by atoms with Crippen LogP contribution in [0.4, 0.5) is 0 Å². The Kier molecular flexibility index (Phi) is 5.27. The highest BCUT2D eigenvalue weighted by Crippen LogP contribution is 2.43. The van der Waals surface area contributed by atoms with E-state index in [1.54, 1.807) is 0 Å². The van der Waals surface area contributed by atoms with Gasteiger partial charge in [-0.3, -0.25) is 0 Å². The average molecular weight is 269 g/mol. The summed E-state index contributed by atoms with van der Waals surface area (Å²) in [5, 5.41) is 12.5. The maximum atomic E-state index is 8.91. The molecule has 0 bridgehead atoms. The molecule has 2 N–H and O–H groups in total. The number of hydrogen-bond donors (Lipinski definition) is 2. The number of aliphatic hydroxyl groups excluding tert-OH is 1. The van der Waals surface area contributed by atoms with Gasteiger partial charge < -0.3 is 15.2 Å². The Morgan fingerprint density at radius 1 is 1.26 bits per heavy atom. The van der Waals surface area contributed by atoms with Crippen molar-refractivity contribution < 1.29 is 9.84 Å². The van der Waals surface area contributed by atoms with E-state index in [4.69, 9.17) is 9.84 Å². The summed E-state index contributed by atoms with van der Waals surface area (Å²) in [5.74, 6) is 0. The fourth-order valence-electron chi connectivity index (χ4n) is 3.64. The summed E-state index contributed by atoms with van der Waals surface area (Å²) in [6, 6.07) is 0. The lowest BCUT2D eigenvalue weighted by Crippen LogP contribution is -2.36. The molecule has 2 rings (SSSR count). The van der Waals surface area contributed by atoms with Crippen LogP contribution in [0.3, 0.4) is 0 Å². The topological polar surface area (TPSA) is 41.5 Å². The first-order valence-corrected chi connectivity index (χ1v) is 8.05. The molecular weight excluding hydrogens is 238 g/mol. The average Bonchev–Trinajstić information content (AvgIpc) is 2.98. The minimum Gasteiger partial charge on any atom is -0.396 e. The highest BCUT2D eigenvalue weighted by molar-refractivity contribution is 4.93. The minimum atomic E-state index is 0.263. The molecule has 19 heavy (non-hydrogen) atoms. The smallest absolute Gasteiger partial charge is 0.0708 e. The van der Waals surface area contributed by atoms with E-state index in [0.29, 0.717) is 12.7 Å². The van der Waals surface area contributed by atoms with Crippen LogP contribution in [0.25, 0.3) is 0 Å². The molecule has 2 aliphatic rings. The van der Waals surface area contributed by atoms with Crippen LogP contribution in [0.2, 0.25) is 0 Å². The molecule has 0 aromatic carbocycles. The Bertz CT molecular complexity index is 272. The Hall–Kier alpha value is -0.120. The van der Waals surface area contributed by atoms with Gasteiger partial charge in [-0.1, -0.05) is 26.7 Å². The molecule has 1 atom stereocenters. The van der Waals surface area contributed by atoms with E-state index in [0.717, 1.165) is 25.9 Å². The lowest BCUT2D eigenvalue weighted by atomic mass is 9.88. The van der Waals surface area contributed by atoms with E-state index in [2.05, 4.69) is 19.2 Å². The second-order valence-corrected chi connectivity index (χ2v) is 7.29. The van der Waals surface area contributed by atoms with Crippen LogP contribution in [0, 0.1) is 5.41 Å². The molecule has 1 aliphatic carbocycles. The number of aliphatic hydroxyl groups is 1. The summed E-state index contributed by atoms with van der Waals surface area (Å²) >= 11 is 0. The molecule has 0 amide bonds. The normalized spacial score (nSPS) is 26.4. The second-order valence-electron chi connectivity index (χ2n) is 7.29. The lowest BCUT2D eigenvalue weighted by molar-refractivity contribution is -0.0356. The molecule has 1 saturated heterocycles. The Morgan fingerprint density at radius 2 is 2.00 bits per heavy atom. The van der Waals surface area contributed by atoms with Crippen molar-refractivity contribution in [1.82, 2.24) is 5.32 Å². The van der Waals surface area contributed by atoms with Crippen LogP contribution in [-0.4, -0.2) is 36.5 Å². The van der Waals surface area contributed by atoms with E-state index < -0.39 is 0 Å². The van der Waals surface area contributed by atoms with Crippen molar-refractivity contribution in [1.29, 1.82) is 0 Å². The summed E-state index contributed by atoms with van der Waals surface area (Å²) in [5.41, 5.74) is 0.533. The van der Waals surface area contributed by atoms with Crippen LogP contribution in [0.15, 0.2) is 0 Å². The van der Waals surface area contributed by atoms with Gasteiger partial charge in [-0.25, -0.2) is 0 Å². The molecule has 3 heteroatoms. The van der Waals surface area contributed by atoms with Crippen molar-refractivity contribution in [2.45, 2.75) is 76.9 Å². The van der Waals surface area contributed by atoms with Crippen molar-refractivity contribution in [3.05, 3.63) is 0 Å². The van der Waals surface area contributed by atoms with Gasteiger partial charge in [0.05, 0.1) is 11.7 Å². The zero-order chi connectivity index (χ0) is 13.8. The summed E-state index contributed by atoms with van der Waals surface area (Å²) < 4.78 is 6.30. The molecule has 1 heterocycles. The highest BCUT2D eigenvalue weighted by Gasteiger charge is 2.41. The highest BCUT2D eigenvalue weighted by atomic mass is 16.5. The number of ether oxygens (including phenoxy) is 1. The molecule has 112 valence electrons. The van der Waals surface area contributed by atoms with Gasteiger partial charge in [0.25, 0.3) is 0 Å². The standard InChI is InChI=1S/C16H31NO2/c1-15(2,7-5-11-18)13-17-12-14-6-10-16(19-14)8-3-4-9-16/h14,17-18H,3-13H2,1-2H3. The molecule has 1 spiro atoms. The second kappa shape index (κ2) is 6.55. The maximum absolute atomic E-state index is 8.91. The molecule has 0 radical (unpaired) electrons. The van der Waals surface area contributed by atoms with E-state index in [1.165, 1.54) is 38.5 Å². The molecular formula is C16H31NO2. The zero-order valence-electron chi connectivity index (χ0n) is 12.7. The largest absolute Gasteiger partial charge is 0.396 e. The first-order chi connectivity index (χ1) is 9.05. The summed E-state index contributed by atoms with van der Waals surface area (Å²) in [6.07, 6.45) is 10.2. The third kappa shape index (κ3) is 4.44. The van der Waals surface area contributed by atoms with Gasteiger partial charge in [0.1, 0.15) is 0 Å². The molecule has 1 saturated carbocycles. The van der Waals surface area contributed by atoms with Crippen molar-refractivity contribution in [2.75, 3.05) is 19.7 Å². The summed E-state index contributed by atoms with van der Waals surface area (Å²) in [6.45, 7) is 6.84. The van der Waals surface area contributed by atoms with Gasteiger partial charge in [-0.15, -0.1) is 0 Å². The fourth-order valence-corrected chi connectivity index (χ4v) is 3.64. The van der Waals surface area contributed by atoms with Crippen LogP contribution in [0.1, 0.15) is 65.2 Å². The summed E-state index contributed by atoms with van der Waals surface area (Å²) in [7, 11) is 0. The molecule has 1 aliphatic heterocycles. The lowest BCUT2D eigenvalue weighted by Gasteiger charge is -2.27. The predicted molar refractivity (Wildman–Crippen MR) is 78.3 cm³/mol. The van der Waals surface area contributed by atoms with Gasteiger partial charge in [-0.2, -0.15) is 0 Å². The SMILES string of the molecule is CC(C)(CCCO)CNCC1CCC2(CCCC2)O1. The third-order valence-electron chi connectivity index (χ3n) is 4.84. The summed E-state index contributed by atoms with van der Waals surface area (Å²) in [4.78, 5) is 0. The zero-order valence-corrected chi connectivity index (χ0v) is 12.7. The minimum absolute atomic E-state index is 0.263. The van der Waals surface area contributed by atoms with E-state index >= 15 is 0 Å². The van der Waals surface area contributed by atoms with Gasteiger partial charge in [0, 0.05) is 19.7 Å². The van der Waals surface area contributed by atoms with Gasteiger partial charge >= 0.3 is 0 Å². The first kappa shape index (κ1) is 15.3. The Labute approximate surface area is 118 Å². The third-order valence-corrected chi connectivity index (χ3v) is 4.84. The Morgan fingerprint density at radius 3 is 2.68 bits per heavy atom. The van der Waals surface area contributed by atoms with E-state index in [-0.39, 0.29) is 11.0 Å². The monoisotopic (exact) mass is 269 g/mol. The predicted octanol–water partition coefficient (Wildman–Crippen LogP) is 2.87. The van der Waals surface area contributed by atoms with Crippen LogP contribution < -0.4 is 5.32 Å². The molecule has 0 aromatic rings. The number of nitrogens with one attached hydrogen (secondary N) is 1. The van der Waals surface area contributed by atoms with Crippen LogP contribution >= 0.6 is 0 Å². The fraction of sp³-hybridized carbons (Fsp3) is 1.00. The van der Waals surface area contributed by atoms with Crippen molar-refractivity contribution >= 4 is 0 Å². The number of hydrogen-bond acceptors (Lipinski definition) is 3. The number of rotatable bonds is 7. The Balaban J connectivity index is 1.64. The first-order valence-electron chi connectivity index (χ1n) is 8.05. The molecule has 0 aromatic heterocycles. The quantitative estimate of drug-likeness (QED) is 0.747.